The minimum Gasteiger partial charge on any atom is -0.364 e. The lowest BCUT2D eigenvalue weighted by atomic mass is 10.2. The summed E-state index contributed by atoms with van der Waals surface area (Å²) >= 11 is 5.69. The van der Waals surface area contributed by atoms with Crippen LogP contribution < -0.4 is 16.7 Å². The molecule has 0 aliphatic carbocycles. The average Bonchev–Trinajstić information content (AvgIpc) is 4.30. The van der Waals surface area contributed by atoms with Gasteiger partial charge in [0, 0.05) is 22.8 Å². The summed E-state index contributed by atoms with van der Waals surface area (Å²) in [5.74, 6) is -5.12. The molecule has 11 aromatic rings. The summed E-state index contributed by atoms with van der Waals surface area (Å²) in [6.45, 7) is 7.01. The molecule has 0 radical (unpaired) electrons. The molecule has 3 N–H and O–H groups in total. The molecule has 29 heteroatoms. The number of aromatic amines is 3. The zero-order valence-corrected chi connectivity index (χ0v) is 39.2. The van der Waals surface area contributed by atoms with E-state index in [-0.39, 0.29) is 76.3 Å². The van der Waals surface area contributed by atoms with Gasteiger partial charge < -0.3 is 28.8 Å². The van der Waals surface area contributed by atoms with Crippen molar-refractivity contribution >= 4 is 17.4 Å². The summed E-state index contributed by atoms with van der Waals surface area (Å²) in [7, 11) is 0. The Morgan fingerprint density at radius 3 is 1.73 bits per heavy atom. The van der Waals surface area contributed by atoms with E-state index in [4.69, 9.17) is 27.2 Å². The molecule has 0 saturated heterocycles. The van der Waals surface area contributed by atoms with Crippen molar-refractivity contribution in [1.29, 1.82) is 0 Å². The summed E-state index contributed by atoms with van der Waals surface area (Å²) < 4.78 is 108. The molecular weight excluding hydrogens is 1050 g/mol. The van der Waals surface area contributed by atoms with Crippen LogP contribution in [-0.2, 0) is 19.6 Å². The number of rotatable bonds is 11. The maximum Gasteiger partial charge on any atom is 0.287 e. The van der Waals surface area contributed by atoms with E-state index in [9.17, 15) is 45.1 Å². The van der Waals surface area contributed by atoms with Crippen LogP contribution in [-0.4, -0.2) is 74.5 Å². The molecule has 0 saturated carbocycles. The zero-order chi connectivity index (χ0) is 54.3. The van der Waals surface area contributed by atoms with Crippen LogP contribution in [0.1, 0.15) is 16.7 Å². The van der Waals surface area contributed by atoms with Crippen LogP contribution in [0.25, 0.3) is 62.3 Å². The summed E-state index contributed by atoms with van der Waals surface area (Å²) in [6.07, 6.45) is 5.20. The first-order valence-electron chi connectivity index (χ1n) is 21.8. The van der Waals surface area contributed by atoms with E-state index < -0.39 is 57.4 Å². The number of aromatic nitrogens is 15. The Hall–Kier alpha value is -10.4. The monoisotopic (exact) mass is 1080 g/mol. The summed E-state index contributed by atoms with van der Waals surface area (Å²) in [5.41, 5.74) is -0.0391. The molecule has 0 aliphatic rings. The lowest BCUT2D eigenvalue weighted by Gasteiger charge is -2.07. The second kappa shape index (κ2) is 22.4. The number of nitrogens with one attached hydrogen (secondary N) is 3. The third-order valence-corrected chi connectivity index (χ3v) is 10.9. The van der Waals surface area contributed by atoms with Crippen LogP contribution in [0.15, 0.2) is 140 Å². The first-order valence-corrected chi connectivity index (χ1v) is 22.1. The minimum atomic E-state index is -1.04. The van der Waals surface area contributed by atoms with Crippen LogP contribution in [0.3, 0.4) is 0 Å². The van der Waals surface area contributed by atoms with Gasteiger partial charge in [-0.25, -0.2) is 36.9 Å². The number of halogens is 8. The Labute approximate surface area is 428 Å². The molecule has 0 amide bonds. The second-order valence-electron chi connectivity index (χ2n) is 15.7. The van der Waals surface area contributed by atoms with Crippen molar-refractivity contribution in [3.63, 3.8) is 0 Å². The number of benzene rings is 3. The fourth-order valence-corrected chi connectivity index (χ4v) is 7.12. The molecule has 11 rings (SSSR count). The Balaban J connectivity index is 0.000000141. The number of hydrogen-bond donors (Lipinski definition) is 3. The van der Waals surface area contributed by atoms with Gasteiger partial charge in [0.15, 0.2) is 29.1 Å². The van der Waals surface area contributed by atoms with Crippen LogP contribution >= 0.6 is 11.6 Å². The molecule has 3 aromatic carbocycles. The molecule has 0 atom stereocenters. The van der Waals surface area contributed by atoms with Gasteiger partial charge in [0.05, 0.1) is 37.4 Å². The molecule has 8 aromatic heterocycles. The predicted octanol–water partition coefficient (Wildman–Crippen LogP) is 7.93. The molecule has 0 unspecified atom stereocenters. The summed E-state index contributed by atoms with van der Waals surface area (Å²) in [5, 5.41) is 20.2. The molecule has 386 valence electrons. The van der Waals surface area contributed by atoms with Crippen molar-refractivity contribution in [3.05, 3.63) is 221 Å². The van der Waals surface area contributed by atoms with Crippen molar-refractivity contribution in [3.8, 4) is 57.5 Å². The highest BCUT2D eigenvalue weighted by molar-refractivity contribution is 6.30. The van der Waals surface area contributed by atoms with Crippen LogP contribution in [0, 0.1) is 47.3 Å². The number of hydrogen-bond acceptors (Lipinski definition) is 14. The third-order valence-electron chi connectivity index (χ3n) is 10.7. The van der Waals surface area contributed by atoms with Gasteiger partial charge in [0.2, 0.25) is 23.9 Å². The van der Waals surface area contributed by atoms with Gasteiger partial charge in [-0.15, -0.1) is 0 Å². The van der Waals surface area contributed by atoms with Gasteiger partial charge in [-0.3, -0.25) is 23.7 Å². The van der Waals surface area contributed by atoms with Crippen molar-refractivity contribution < 1.29 is 39.8 Å². The van der Waals surface area contributed by atoms with Gasteiger partial charge in [-0.2, -0.15) is 28.6 Å². The largest absolute Gasteiger partial charge is 0.364 e. The van der Waals surface area contributed by atoms with Gasteiger partial charge >= 0.3 is 0 Å². The Bertz CT molecular complexity index is 4010. The highest BCUT2D eigenvalue weighted by atomic mass is 35.5. The van der Waals surface area contributed by atoms with E-state index in [1.807, 2.05) is 0 Å². The third kappa shape index (κ3) is 11.7. The maximum atomic E-state index is 14.1. The van der Waals surface area contributed by atoms with Crippen molar-refractivity contribution in [2.75, 3.05) is 0 Å². The van der Waals surface area contributed by atoms with E-state index >= 15 is 0 Å². The van der Waals surface area contributed by atoms with Gasteiger partial charge in [-0.05, 0) is 48.5 Å². The second-order valence-corrected chi connectivity index (χ2v) is 16.1. The molecular formula is C48H28ClF7N16O5. The standard InChI is InChI=1S/C17H10ClF2N5O2.C16H9F3N6O2.C15H9F2N5O/c18-10-7-21-16(22-17(10)26)13-6-14(12-4-5-27-24-12)25(23-13)8-9-2-1-3-11(19)15(9)20;17-9-1-2-10(18)8(3-9)6-25-13(15-21-7-27-24-15)4-12(23-25)14-20-5-11(19)16(26)22-14;1-18-13-6-12(14-19-7-11(17)15(23)20-14)21-22(13)8-9-4-2-3-5-10(9)16/h1-7H,8H2,(H,21,22,26);1-5,7H,6H2,(H,20,22,26);2-7H,8H2,(H,19,20,23). The fourth-order valence-electron chi connectivity index (χ4n) is 7.02. The van der Waals surface area contributed by atoms with Crippen molar-refractivity contribution in [2.24, 2.45) is 0 Å². The van der Waals surface area contributed by atoms with Crippen LogP contribution in [0.4, 0.5) is 36.6 Å². The first-order chi connectivity index (χ1) is 37.1. The van der Waals surface area contributed by atoms with Crippen LogP contribution in [0.2, 0.25) is 5.02 Å². The molecule has 0 bridgehead atoms. The fraction of sp³-hybridized carbons (Fsp3) is 0.0625. The lowest BCUT2D eigenvalue weighted by molar-refractivity contribution is 0.418. The number of H-pyrrole nitrogens is 3. The van der Waals surface area contributed by atoms with Crippen LogP contribution in [0.5, 0.6) is 0 Å². The molecule has 77 heavy (non-hydrogen) atoms. The van der Waals surface area contributed by atoms with E-state index in [2.05, 4.69) is 65.3 Å². The molecule has 21 nitrogen and oxygen atoms in total. The normalized spacial score (nSPS) is 10.9. The van der Waals surface area contributed by atoms with E-state index in [1.54, 1.807) is 30.3 Å². The predicted molar refractivity (Wildman–Crippen MR) is 255 cm³/mol. The van der Waals surface area contributed by atoms with Gasteiger partial charge in [-0.1, -0.05) is 63.9 Å². The van der Waals surface area contributed by atoms with E-state index in [1.165, 1.54) is 56.8 Å². The van der Waals surface area contributed by atoms with Gasteiger partial charge in [0.25, 0.3) is 22.5 Å². The molecule has 0 spiro atoms. The van der Waals surface area contributed by atoms with Crippen molar-refractivity contribution in [2.45, 2.75) is 19.6 Å². The van der Waals surface area contributed by atoms with Gasteiger partial charge in [0.1, 0.15) is 63.8 Å². The SMILES string of the molecule is O=c1[nH]c(-c2cc(-c3ccon3)n(Cc3cccc(F)c3F)n2)ncc1Cl.O=c1[nH]c(-c2cc(-c3ncon3)n(Cc3cc(F)ccc3F)n2)ncc1F.[C-]#[N+]c1cc(-c2ncc(F)c(=O)[nH]2)nn1Cc1ccccc1F. The average molecular weight is 1080 g/mol. The molecule has 8 heterocycles. The summed E-state index contributed by atoms with van der Waals surface area (Å²) in [4.78, 5) is 60.3. The van der Waals surface area contributed by atoms with E-state index in [0.717, 1.165) is 43.1 Å². The smallest absolute Gasteiger partial charge is 0.287 e. The van der Waals surface area contributed by atoms with Crippen molar-refractivity contribution in [1.82, 2.24) is 74.5 Å². The number of nitrogens with zero attached hydrogens (tertiary/aromatic N) is 13. The highest BCUT2D eigenvalue weighted by Gasteiger charge is 2.21. The molecule has 0 aliphatic heterocycles. The summed E-state index contributed by atoms with van der Waals surface area (Å²) in [6, 6.07) is 19.1. The quantitative estimate of drug-likeness (QED) is 0.0821. The lowest BCUT2D eigenvalue weighted by Crippen LogP contribution is -2.12. The topological polar surface area (TPSA) is 260 Å². The maximum absolute atomic E-state index is 14.1. The zero-order valence-electron chi connectivity index (χ0n) is 38.5. The van der Waals surface area contributed by atoms with E-state index in [0.29, 0.717) is 28.3 Å². The minimum absolute atomic E-state index is 0.00962. The molecule has 0 fully saturated rings. The first kappa shape index (κ1) is 51.5. The Morgan fingerprint density at radius 2 is 1.10 bits per heavy atom. The Morgan fingerprint density at radius 1 is 0.532 bits per heavy atom. The Kier molecular flexibility index (Phi) is 14.9. The highest BCUT2D eigenvalue weighted by Crippen LogP contribution is 2.27.